The maximum Gasteiger partial charge on any atom is 0.319 e. The SMILES string of the molecule is CC#Cc1nc(-c2cccc3ccc(F)c(CC)c23)c(F)c2nc(OCC3(CN4CCCCC4)CC3)nc(N3C[C@H]4CC[C@@H](C3)N4)c12. The molecule has 244 valence electrons. The number of piperidine rings is 1. The molecule has 3 saturated heterocycles. The van der Waals surface area contributed by atoms with Crippen molar-refractivity contribution in [2.75, 3.05) is 44.2 Å². The van der Waals surface area contributed by atoms with Gasteiger partial charge in [-0.2, -0.15) is 9.97 Å². The summed E-state index contributed by atoms with van der Waals surface area (Å²) < 4.78 is 38.7. The quantitative estimate of drug-likeness (QED) is 0.218. The first-order valence-corrected chi connectivity index (χ1v) is 17.4. The molecular formula is C38H42F2N6O. The molecule has 0 amide bonds. The Morgan fingerprint density at radius 2 is 1.77 bits per heavy atom. The van der Waals surface area contributed by atoms with E-state index in [-0.39, 0.29) is 28.5 Å². The van der Waals surface area contributed by atoms with Crippen molar-refractivity contribution in [3.8, 4) is 29.1 Å². The van der Waals surface area contributed by atoms with Gasteiger partial charge >= 0.3 is 6.01 Å². The molecule has 5 heterocycles. The van der Waals surface area contributed by atoms with Crippen molar-refractivity contribution >= 4 is 27.5 Å². The maximum atomic E-state index is 17.1. The van der Waals surface area contributed by atoms with Crippen molar-refractivity contribution in [1.82, 2.24) is 25.2 Å². The summed E-state index contributed by atoms with van der Waals surface area (Å²) >= 11 is 0. The van der Waals surface area contributed by atoms with E-state index in [2.05, 4.69) is 27.0 Å². The summed E-state index contributed by atoms with van der Waals surface area (Å²) in [5.41, 5.74) is 1.83. The van der Waals surface area contributed by atoms with Crippen molar-refractivity contribution in [3.05, 3.63) is 53.2 Å². The molecule has 2 aromatic carbocycles. The Balaban J connectivity index is 1.27. The van der Waals surface area contributed by atoms with E-state index in [0.29, 0.717) is 58.5 Å². The molecular weight excluding hydrogens is 594 g/mol. The highest BCUT2D eigenvalue weighted by Crippen LogP contribution is 2.47. The molecule has 4 aliphatic rings. The minimum atomic E-state index is -0.568. The number of hydrogen-bond acceptors (Lipinski definition) is 7. The summed E-state index contributed by atoms with van der Waals surface area (Å²) in [5.74, 6) is 5.89. The first-order chi connectivity index (χ1) is 22.9. The van der Waals surface area contributed by atoms with Gasteiger partial charge in [0.05, 0.1) is 12.0 Å². The zero-order chi connectivity index (χ0) is 32.1. The van der Waals surface area contributed by atoms with Gasteiger partial charge in [0.15, 0.2) is 5.82 Å². The largest absolute Gasteiger partial charge is 0.463 e. The highest BCUT2D eigenvalue weighted by molar-refractivity contribution is 6.02. The Morgan fingerprint density at radius 3 is 2.49 bits per heavy atom. The first-order valence-electron chi connectivity index (χ1n) is 17.4. The highest BCUT2D eigenvalue weighted by Gasteiger charge is 2.45. The van der Waals surface area contributed by atoms with Gasteiger partial charge in [0, 0.05) is 42.7 Å². The fourth-order valence-electron chi connectivity index (χ4n) is 8.09. The Hall–Kier alpha value is -3.87. The van der Waals surface area contributed by atoms with Crippen molar-refractivity contribution in [2.24, 2.45) is 5.41 Å². The van der Waals surface area contributed by atoms with Gasteiger partial charge in [-0.1, -0.05) is 43.5 Å². The van der Waals surface area contributed by atoms with Crippen molar-refractivity contribution < 1.29 is 13.5 Å². The Kier molecular flexibility index (Phi) is 7.97. The van der Waals surface area contributed by atoms with E-state index in [1.807, 2.05) is 25.1 Å². The van der Waals surface area contributed by atoms with Crippen LogP contribution in [0.1, 0.15) is 70.1 Å². The summed E-state index contributed by atoms with van der Waals surface area (Å²) in [7, 11) is 0. The summed E-state index contributed by atoms with van der Waals surface area (Å²) in [4.78, 5) is 19.5. The minimum Gasteiger partial charge on any atom is -0.463 e. The summed E-state index contributed by atoms with van der Waals surface area (Å²) in [6.07, 6.45) is 8.70. The summed E-state index contributed by atoms with van der Waals surface area (Å²) in [6.45, 7) is 8.98. The average Bonchev–Trinajstić information content (AvgIpc) is 3.78. The zero-order valence-corrected chi connectivity index (χ0v) is 27.3. The molecule has 4 fully saturated rings. The minimum absolute atomic E-state index is 0.0916. The van der Waals surface area contributed by atoms with Gasteiger partial charge in [0.2, 0.25) is 0 Å². The van der Waals surface area contributed by atoms with Gasteiger partial charge in [0.1, 0.15) is 28.5 Å². The number of aryl methyl sites for hydroxylation is 1. The van der Waals surface area contributed by atoms with E-state index in [1.165, 1.54) is 25.3 Å². The van der Waals surface area contributed by atoms with Gasteiger partial charge in [0.25, 0.3) is 0 Å². The lowest BCUT2D eigenvalue weighted by atomic mass is 9.94. The second-order valence-corrected chi connectivity index (χ2v) is 14.0. The lowest BCUT2D eigenvalue weighted by Crippen LogP contribution is -2.51. The standard InChI is InChI=1S/C38H42F2N6O/c1-3-9-30-32-35(33(40)34(42-30)28-11-8-10-24-12-15-29(39)27(4-2)31(24)28)43-37(44-36(32)46-20-25-13-14-26(21-46)41-25)47-23-38(16-17-38)22-45-18-6-5-7-19-45/h8,10-12,15,25-26,41H,4-7,13-14,16-23H2,1-2H3/t25-,26+. The predicted molar refractivity (Wildman–Crippen MR) is 182 cm³/mol. The molecule has 1 N–H and O–H groups in total. The third kappa shape index (κ3) is 5.70. The van der Waals surface area contributed by atoms with Crippen LogP contribution in [0.5, 0.6) is 6.01 Å². The van der Waals surface area contributed by atoms with Gasteiger partial charge in [-0.25, -0.2) is 13.8 Å². The van der Waals surface area contributed by atoms with Crippen molar-refractivity contribution in [3.63, 3.8) is 0 Å². The summed E-state index contributed by atoms with van der Waals surface area (Å²) in [5, 5.41) is 5.69. The third-order valence-corrected chi connectivity index (χ3v) is 10.7. The van der Waals surface area contributed by atoms with E-state index in [0.717, 1.165) is 63.8 Å². The van der Waals surface area contributed by atoms with Crippen LogP contribution in [0.25, 0.3) is 32.9 Å². The van der Waals surface area contributed by atoms with Crippen molar-refractivity contribution in [1.29, 1.82) is 0 Å². The van der Waals surface area contributed by atoms with Gasteiger partial charge in [-0.3, -0.25) is 0 Å². The van der Waals surface area contributed by atoms with Crippen LogP contribution in [0.15, 0.2) is 30.3 Å². The molecule has 2 atom stereocenters. The van der Waals surface area contributed by atoms with Crippen LogP contribution in [0.4, 0.5) is 14.6 Å². The Bertz CT molecular complexity index is 1900. The summed E-state index contributed by atoms with van der Waals surface area (Å²) in [6, 6.07) is 9.69. The van der Waals surface area contributed by atoms with E-state index in [1.54, 1.807) is 13.0 Å². The number of fused-ring (bicyclic) bond motifs is 4. The Labute approximate surface area is 275 Å². The molecule has 1 saturated carbocycles. The number of rotatable bonds is 8. The van der Waals surface area contributed by atoms with E-state index < -0.39 is 5.82 Å². The van der Waals surface area contributed by atoms with E-state index >= 15 is 8.78 Å². The molecule has 2 aromatic heterocycles. The highest BCUT2D eigenvalue weighted by atomic mass is 19.1. The number of hydrogen-bond donors (Lipinski definition) is 1. The van der Waals surface area contributed by atoms with E-state index in [9.17, 15) is 0 Å². The number of benzene rings is 2. The molecule has 0 unspecified atom stereocenters. The van der Waals surface area contributed by atoms with Crippen molar-refractivity contribution in [2.45, 2.75) is 77.3 Å². The molecule has 9 heteroatoms. The van der Waals surface area contributed by atoms with Crippen LogP contribution in [-0.2, 0) is 6.42 Å². The number of ether oxygens (including phenoxy) is 1. The van der Waals surface area contributed by atoms with Gasteiger partial charge in [-0.05, 0) is 93.3 Å². The van der Waals surface area contributed by atoms with Crippen LogP contribution < -0.4 is 15.0 Å². The number of aromatic nitrogens is 3. The van der Waals surface area contributed by atoms with Crippen LogP contribution in [-0.4, -0.2) is 71.3 Å². The number of nitrogens with zero attached hydrogens (tertiary/aromatic N) is 5. The number of pyridine rings is 1. The lowest BCUT2D eigenvalue weighted by Gasteiger charge is -2.34. The van der Waals surface area contributed by atoms with Crippen LogP contribution >= 0.6 is 0 Å². The topological polar surface area (TPSA) is 66.4 Å². The van der Waals surface area contributed by atoms with Crippen LogP contribution in [0, 0.1) is 28.9 Å². The van der Waals surface area contributed by atoms with Crippen LogP contribution in [0.2, 0.25) is 0 Å². The number of anilines is 1. The fourth-order valence-corrected chi connectivity index (χ4v) is 8.09. The molecule has 3 aliphatic heterocycles. The molecule has 0 spiro atoms. The molecule has 2 bridgehead atoms. The van der Waals surface area contributed by atoms with Gasteiger partial charge in [-0.15, -0.1) is 0 Å². The first kappa shape index (κ1) is 30.5. The molecule has 4 aromatic rings. The molecule has 1 aliphatic carbocycles. The second kappa shape index (κ2) is 12.3. The van der Waals surface area contributed by atoms with Crippen LogP contribution in [0.3, 0.4) is 0 Å². The zero-order valence-electron chi connectivity index (χ0n) is 27.3. The smallest absolute Gasteiger partial charge is 0.319 e. The molecule has 0 radical (unpaired) electrons. The third-order valence-electron chi connectivity index (χ3n) is 10.7. The van der Waals surface area contributed by atoms with Gasteiger partial charge < -0.3 is 19.9 Å². The average molecular weight is 637 g/mol. The number of likely N-dealkylation sites (tertiary alicyclic amines) is 1. The fraction of sp³-hybridized carbons (Fsp3) is 0.500. The molecule has 8 rings (SSSR count). The van der Waals surface area contributed by atoms with E-state index in [4.69, 9.17) is 19.7 Å². The number of nitrogens with one attached hydrogen (secondary N) is 1. The normalized spacial score (nSPS) is 22.0. The number of halogens is 2. The number of piperazine rings is 1. The molecule has 7 nitrogen and oxygen atoms in total. The Morgan fingerprint density at radius 1 is 0.979 bits per heavy atom. The second-order valence-electron chi connectivity index (χ2n) is 14.0. The molecule has 47 heavy (non-hydrogen) atoms. The monoisotopic (exact) mass is 636 g/mol. The lowest BCUT2D eigenvalue weighted by molar-refractivity contribution is 0.139. The maximum absolute atomic E-state index is 17.1. The predicted octanol–water partition coefficient (Wildman–Crippen LogP) is 6.64.